The Labute approximate surface area is 152 Å². The molecule has 0 aliphatic heterocycles. The second-order valence-corrected chi connectivity index (χ2v) is 6.63. The van der Waals surface area contributed by atoms with Gasteiger partial charge in [0.05, 0.1) is 11.2 Å². The molecule has 0 aromatic heterocycles. The number of nitrogens with zero attached hydrogens (tertiary/aromatic N) is 1. The quantitative estimate of drug-likeness (QED) is 0.435. The van der Waals surface area contributed by atoms with Crippen LogP contribution >= 0.6 is 39.3 Å². The van der Waals surface area contributed by atoms with E-state index in [1.807, 2.05) is 30.5 Å². The Kier molecular flexibility index (Phi) is 6.95. The molecule has 0 radical (unpaired) electrons. The van der Waals surface area contributed by atoms with Gasteiger partial charge < -0.3 is 4.74 Å². The van der Waals surface area contributed by atoms with Crippen LogP contribution in [0.2, 0.25) is 5.02 Å². The molecule has 4 nitrogen and oxygen atoms in total. The lowest BCUT2D eigenvalue weighted by Gasteiger charge is -2.07. The molecule has 0 aliphatic rings. The molecule has 0 saturated heterocycles. The Morgan fingerprint density at radius 3 is 2.74 bits per heavy atom. The van der Waals surface area contributed by atoms with Crippen LogP contribution in [0.5, 0.6) is 5.75 Å². The molecule has 2 aromatic rings. The van der Waals surface area contributed by atoms with E-state index in [9.17, 15) is 4.79 Å². The Balaban J connectivity index is 1.81. The summed E-state index contributed by atoms with van der Waals surface area (Å²) >= 11 is 11.0. The number of nitrogens with one attached hydrogen (secondary N) is 1. The second kappa shape index (κ2) is 8.96. The minimum atomic E-state index is -0.360. The van der Waals surface area contributed by atoms with Crippen LogP contribution in [-0.2, 0) is 4.79 Å². The van der Waals surface area contributed by atoms with Gasteiger partial charge in [-0.1, -0.05) is 39.7 Å². The zero-order valence-electron chi connectivity index (χ0n) is 12.3. The third-order valence-corrected chi connectivity index (χ3v) is 4.30. The van der Waals surface area contributed by atoms with Crippen LogP contribution in [-0.4, -0.2) is 25.0 Å². The van der Waals surface area contributed by atoms with Gasteiger partial charge in [0, 0.05) is 9.37 Å². The third-order valence-electron chi connectivity index (χ3n) is 2.77. The molecule has 2 rings (SSSR count). The van der Waals surface area contributed by atoms with Gasteiger partial charge in [-0.05, 0) is 42.2 Å². The van der Waals surface area contributed by atoms with E-state index in [0.29, 0.717) is 10.8 Å². The molecule has 120 valence electrons. The highest BCUT2D eigenvalue weighted by atomic mass is 79.9. The van der Waals surface area contributed by atoms with Gasteiger partial charge in [-0.3, -0.25) is 4.79 Å². The summed E-state index contributed by atoms with van der Waals surface area (Å²) in [6.45, 7) is -0.163. The van der Waals surface area contributed by atoms with Crippen molar-refractivity contribution in [3.05, 3.63) is 57.5 Å². The van der Waals surface area contributed by atoms with E-state index >= 15 is 0 Å². The molecule has 1 amide bonds. The first-order valence-electron chi connectivity index (χ1n) is 6.62. The van der Waals surface area contributed by atoms with Crippen LogP contribution in [0.15, 0.2) is 56.9 Å². The lowest BCUT2D eigenvalue weighted by molar-refractivity contribution is -0.123. The van der Waals surface area contributed by atoms with Crippen molar-refractivity contribution in [2.24, 2.45) is 5.10 Å². The van der Waals surface area contributed by atoms with Crippen LogP contribution < -0.4 is 10.2 Å². The maximum atomic E-state index is 11.7. The van der Waals surface area contributed by atoms with Crippen LogP contribution in [0.3, 0.4) is 0 Å². The average Bonchev–Trinajstić information content (AvgIpc) is 2.54. The number of hydrogen-bond donors (Lipinski definition) is 1. The highest BCUT2D eigenvalue weighted by Gasteiger charge is 2.05. The number of ether oxygens (including phenoxy) is 1. The molecule has 0 unspecified atom stereocenters. The summed E-state index contributed by atoms with van der Waals surface area (Å²) < 4.78 is 6.19. The van der Waals surface area contributed by atoms with E-state index in [0.717, 1.165) is 10.0 Å². The van der Waals surface area contributed by atoms with E-state index in [1.54, 1.807) is 36.2 Å². The SMILES string of the molecule is CSc1ccc(/C=N/NC(=O)COc2ccc(Br)cc2Cl)cc1. The van der Waals surface area contributed by atoms with E-state index in [4.69, 9.17) is 16.3 Å². The molecule has 0 heterocycles. The number of amides is 1. The lowest BCUT2D eigenvalue weighted by atomic mass is 10.2. The van der Waals surface area contributed by atoms with Crippen molar-refractivity contribution in [1.29, 1.82) is 0 Å². The van der Waals surface area contributed by atoms with Crippen molar-refractivity contribution in [3.8, 4) is 5.75 Å². The topological polar surface area (TPSA) is 50.7 Å². The van der Waals surface area contributed by atoms with Crippen LogP contribution in [0.1, 0.15) is 5.56 Å². The van der Waals surface area contributed by atoms with Crippen molar-refractivity contribution < 1.29 is 9.53 Å². The van der Waals surface area contributed by atoms with E-state index in [2.05, 4.69) is 26.5 Å². The highest BCUT2D eigenvalue weighted by Crippen LogP contribution is 2.27. The minimum absolute atomic E-state index is 0.163. The Bertz CT molecular complexity index is 708. The largest absolute Gasteiger partial charge is 0.482 e. The van der Waals surface area contributed by atoms with Crippen molar-refractivity contribution in [2.45, 2.75) is 4.90 Å². The van der Waals surface area contributed by atoms with Gasteiger partial charge >= 0.3 is 0 Å². The first-order chi connectivity index (χ1) is 11.1. The molecule has 0 atom stereocenters. The first kappa shape index (κ1) is 17.8. The zero-order chi connectivity index (χ0) is 16.7. The summed E-state index contributed by atoms with van der Waals surface area (Å²) in [6.07, 6.45) is 3.59. The smallest absolute Gasteiger partial charge is 0.277 e. The maximum absolute atomic E-state index is 11.7. The van der Waals surface area contributed by atoms with E-state index in [-0.39, 0.29) is 12.5 Å². The Morgan fingerprint density at radius 1 is 1.35 bits per heavy atom. The van der Waals surface area contributed by atoms with Gasteiger partial charge in [-0.2, -0.15) is 5.10 Å². The summed E-state index contributed by atoms with van der Waals surface area (Å²) in [5, 5.41) is 4.33. The predicted molar refractivity (Wildman–Crippen MR) is 98.6 cm³/mol. The number of benzene rings is 2. The van der Waals surface area contributed by atoms with Crippen molar-refractivity contribution in [3.63, 3.8) is 0 Å². The molecule has 1 N–H and O–H groups in total. The lowest BCUT2D eigenvalue weighted by Crippen LogP contribution is -2.24. The van der Waals surface area contributed by atoms with Crippen LogP contribution in [0, 0.1) is 0 Å². The molecule has 0 fully saturated rings. The fourth-order valence-electron chi connectivity index (χ4n) is 1.64. The number of carbonyl (C=O) groups excluding carboxylic acids is 1. The third kappa shape index (κ3) is 5.89. The number of hydrogen-bond acceptors (Lipinski definition) is 4. The highest BCUT2D eigenvalue weighted by molar-refractivity contribution is 9.10. The van der Waals surface area contributed by atoms with Gasteiger partial charge in [0.15, 0.2) is 6.61 Å². The summed E-state index contributed by atoms with van der Waals surface area (Å²) in [5.74, 6) is 0.0858. The van der Waals surface area contributed by atoms with Gasteiger partial charge in [-0.15, -0.1) is 11.8 Å². The molecule has 0 spiro atoms. The van der Waals surface area contributed by atoms with Crippen molar-refractivity contribution in [1.82, 2.24) is 5.43 Å². The van der Waals surface area contributed by atoms with Crippen molar-refractivity contribution in [2.75, 3.05) is 12.9 Å². The normalized spacial score (nSPS) is 10.7. The molecule has 23 heavy (non-hydrogen) atoms. The monoisotopic (exact) mass is 412 g/mol. The summed E-state index contributed by atoms with van der Waals surface area (Å²) in [7, 11) is 0. The van der Waals surface area contributed by atoms with Crippen molar-refractivity contribution >= 4 is 51.4 Å². The zero-order valence-corrected chi connectivity index (χ0v) is 15.4. The fourth-order valence-corrected chi connectivity index (χ4v) is 2.77. The molecule has 0 bridgehead atoms. The number of hydrazone groups is 1. The van der Waals surface area contributed by atoms with Crippen LogP contribution in [0.4, 0.5) is 0 Å². The number of carbonyl (C=O) groups is 1. The number of rotatable bonds is 6. The minimum Gasteiger partial charge on any atom is -0.482 e. The summed E-state index contributed by atoms with van der Waals surface area (Å²) in [4.78, 5) is 12.9. The van der Waals surface area contributed by atoms with Gasteiger partial charge in [0.25, 0.3) is 5.91 Å². The standard InChI is InChI=1S/C16H14BrClN2O2S/c1-23-13-5-2-11(3-6-13)9-19-20-16(21)10-22-15-7-4-12(17)8-14(15)18/h2-9H,10H2,1H3,(H,20,21)/b19-9+. The van der Waals surface area contributed by atoms with E-state index in [1.165, 1.54) is 4.90 Å². The molecular weight excluding hydrogens is 400 g/mol. The molecule has 7 heteroatoms. The summed E-state index contributed by atoms with van der Waals surface area (Å²) in [6, 6.07) is 13.0. The van der Waals surface area contributed by atoms with Gasteiger partial charge in [-0.25, -0.2) is 5.43 Å². The van der Waals surface area contributed by atoms with Gasteiger partial charge in [0.2, 0.25) is 0 Å². The predicted octanol–water partition coefficient (Wildman–Crippen LogP) is 4.35. The maximum Gasteiger partial charge on any atom is 0.277 e. The Morgan fingerprint density at radius 2 is 2.09 bits per heavy atom. The molecule has 0 saturated carbocycles. The second-order valence-electron chi connectivity index (χ2n) is 4.43. The first-order valence-corrected chi connectivity index (χ1v) is 9.02. The van der Waals surface area contributed by atoms with Crippen LogP contribution in [0.25, 0.3) is 0 Å². The summed E-state index contributed by atoms with van der Waals surface area (Å²) in [5.41, 5.74) is 3.31. The Hall–Kier alpha value is -1.50. The van der Waals surface area contributed by atoms with E-state index < -0.39 is 0 Å². The fraction of sp³-hybridized carbons (Fsp3) is 0.125. The van der Waals surface area contributed by atoms with Gasteiger partial charge in [0.1, 0.15) is 5.75 Å². The molecular formula is C16H14BrClN2O2S. The molecule has 0 aliphatic carbocycles. The molecule has 2 aromatic carbocycles. The number of thioether (sulfide) groups is 1. The average molecular weight is 414 g/mol. The number of halogens is 2.